The summed E-state index contributed by atoms with van der Waals surface area (Å²) in [6.45, 7) is 1.75. The summed E-state index contributed by atoms with van der Waals surface area (Å²) >= 11 is 11.4. The topological polar surface area (TPSA) is 67.8 Å². The molecule has 0 unspecified atom stereocenters. The van der Waals surface area contributed by atoms with E-state index in [-0.39, 0.29) is 16.3 Å². The third-order valence-corrected chi connectivity index (χ3v) is 2.43. The van der Waals surface area contributed by atoms with Crippen LogP contribution in [0.5, 0.6) is 0 Å². The van der Waals surface area contributed by atoms with Crippen molar-refractivity contribution in [3.8, 4) is 0 Å². The first-order valence-electron chi connectivity index (χ1n) is 4.99. The van der Waals surface area contributed by atoms with Crippen LogP contribution in [0.4, 0.5) is 5.82 Å². The molecule has 0 fully saturated rings. The van der Waals surface area contributed by atoms with E-state index < -0.39 is 0 Å². The van der Waals surface area contributed by atoms with Crippen molar-refractivity contribution >= 4 is 34.9 Å². The van der Waals surface area contributed by atoms with E-state index >= 15 is 0 Å². The smallest absolute Gasteiger partial charge is 0.256 e. The minimum absolute atomic E-state index is 0.0664. The van der Waals surface area contributed by atoms with E-state index in [0.717, 1.165) is 0 Å². The maximum Gasteiger partial charge on any atom is 0.256 e. The zero-order valence-corrected chi connectivity index (χ0v) is 10.8. The Bertz CT molecular complexity index is 583. The fourth-order valence-corrected chi connectivity index (χ4v) is 1.75. The fraction of sp³-hybridized carbons (Fsp3) is 0.0909. The molecule has 0 radical (unpaired) electrons. The summed E-state index contributed by atoms with van der Waals surface area (Å²) in [4.78, 5) is 23.5. The molecule has 0 atom stereocenters. The Labute approximate surface area is 113 Å². The third kappa shape index (κ3) is 3.15. The van der Waals surface area contributed by atoms with Crippen LogP contribution in [0.1, 0.15) is 16.1 Å². The average molecular weight is 283 g/mol. The highest BCUT2D eigenvalue weighted by Crippen LogP contribution is 2.13. The number of carbonyl (C=O) groups excluding carboxylic acids is 1. The second kappa shape index (κ2) is 5.29. The van der Waals surface area contributed by atoms with E-state index in [1.807, 2.05) is 0 Å². The molecule has 92 valence electrons. The zero-order valence-electron chi connectivity index (χ0n) is 9.32. The Morgan fingerprint density at radius 3 is 2.72 bits per heavy atom. The van der Waals surface area contributed by atoms with E-state index in [1.54, 1.807) is 19.1 Å². The van der Waals surface area contributed by atoms with E-state index in [4.69, 9.17) is 23.2 Å². The van der Waals surface area contributed by atoms with Crippen LogP contribution in [0, 0.1) is 6.92 Å². The van der Waals surface area contributed by atoms with Gasteiger partial charge in [-0.15, -0.1) is 0 Å². The number of anilines is 1. The molecule has 1 amide bonds. The first kappa shape index (κ1) is 12.7. The number of nitrogens with zero attached hydrogens (tertiary/aromatic N) is 3. The van der Waals surface area contributed by atoms with Crippen LogP contribution in [-0.2, 0) is 0 Å². The van der Waals surface area contributed by atoms with Gasteiger partial charge >= 0.3 is 0 Å². The SMILES string of the molecule is Cc1cc(C(=O)Nc2ccnc(Cl)n2)cc(Cl)n1. The third-order valence-electron chi connectivity index (χ3n) is 2.05. The highest BCUT2D eigenvalue weighted by Gasteiger charge is 2.09. The van der Waals surface area contributed by atoms with Gasteiger partial charge in [0.15, 0.2) is 0 Å². The number of aromatic nitrogens is 3. The predicted molar refractivity (Wildman–Crippen MR) is 69.0 cm³/mol. The normalized spacial score (nSPS) is 10.2. The van der Waals surface area contributed by atoms with Gasteiger partial charge in [-0.1, -0.05) is 11.6 Å². The summed E-state index contributed by atoms with van der Waals surface area (Å²) in [5.41, 5.74) is 1.07. The minimum atomic E-state index is -0.336. The highest BCUT2D eigenvalue weighted by atomic mass is 35.5. The number of hydrogen-bond acceptors (Lipinski definition) is 4. The highest BCUT2D eigenvalue weighted by molar-refractivity contribution is 6.30. The lowest BCUT2D eigenvalue weighted by molar-refractivity contribution is 0.102. The summed E-state index contributed by atoms with van der Waals surface area (Å²) in [6.07, 6.45) is 1.45. The lowest BCUT2D eigenvalue weighted by Gasteiger charge is -2.05. The van der Waals surface area contributed by atoms with Crippen molar-refractivity contribution in [3.63, 3.8) is 0 Å². The summed E-state index contributed by atoms with van der Waals surface area (Å²) in [6, 6.07) is 4.65. The van der Waals surface area contributed by atoms with E-state index in [9.17, 15) is 4.79 Å². The fourth-order valence-electron chi connectivity index (χ4n) is 1.35. The Kier molecular flexibility index (Phi) is 3.74. The molecule has 2 heterocycles. The van der Waals surface area contributed by atoms with Gasteiger partial charge in [0.25, 0.3) is 5.91 Å². The number of pyridine rings is 1. The molecular weight excluding hydrogens is 275 g/mol. The van der Waals surface area contributed by atoms with Crippen LogP contribution in [0.2, 0.25) is 10.4 Å². The second-order valence-corrected chi connectivity index (χ2v) is 4.21. The van der Waals surface area contributed by atoms with Crippen molar-refractivity contribution < 1.29 is 4.79 Å². The Balaban J connectivity index is 2.22. The Morgan fingerprint density at radius 1 is 1.28 bits per heavy atom. The van der Waals surface area contributed by atoms with Crippen molar-refractivity contribution in [2.75, 3.05) is 5.32 Å². The maximum absolute atomic E-state index is 11.9. The zero-order chi connectivity index (χ0) is 13.1. The van der Waals surface area contributed by atoms with Crippen molar-refractivity contribution in [3.05, 3.63) is 46.1 Å². The van der Waals surface area contributed by atoms with Gasteiger partial charge in [0, 0.05) is 17.5 Å². The lowest BCUT2D eigenvalue weighted by atomic mass is 10.2. The molecule has 0 aliphatic carbocycles. The Morgan fingerprint density at radius 2 is 2.06 bits per heavy atom. The van der Waals surface area contributed by atoms with Crippen molar-refractivity contribution in [1.82, 2.24) is 15.0 Å². The van der Waals surface area contributed by atoms with Crippen LogP contribution in [-0.4, -0.2) is 20.9 Å². The quantitative estimate of drug-likeness (QED) is 0.679. The van der Waals surface area contributed by atoms with Gasteiger partial charge < -0.3 is 5.32 Å². The number of carbonyl (C=O) groups is 1. The largest absolute Gasteiger partial charge is 0.306 e. The lowest BCUT2D eigenvalue weighted by Crippen LogP contribution is -2.13. The minimum Gasteiger partial charge on any atom is -0.306 e. The molecule has 2 aromatic rings. The molecule has 1 N–H and O–H groups in total. The molecule has 18 heavy (non-hydrogen) atoms. The van der Waals surface area contributed by atoms with Crippen LogP contribution in [0.15, 0.2) is 24.4 Å². The number of nitrogens with one attached hydrogen (secondary N) is 1. The summed E-state index contributed by atoms with van der Waals surface area (Å²) < 4.78 is 0. The molecule has 0 aliphatic heterocycles. The number of halogens is 2. The first-order valence-corrected chi connectivity index (χ1v) is 5.74. The molecule has 0 spiro atoms. The van der Waals surface area contributed by atoms with E-state index in [2.05, 4.69) is 20.3 Å². The molecule has 2 rings (SSSR count). The van der Waals surface area contributed by atoms with Crippen molar-refractivity contribution in [2.24, 2.45) is 0 Å². The van der Waals surface area contributed by atoms with Crippen molar-refractivity contribution in [2.45, 2.75) is 6.92 Å². The van der Waals surface area contributed by atoms with Crippen LogP contribution in [0.3, 0.4) is 0 Å². The van der Waals surface area contributed by atoms with E-state index in [0.29, 0.717) is 17.1 Å². The molecule has 5 nitrogen and oxygen atoms in total. The van der Waals surface area contributed by atoms with E-state index in [1.165, 1.54) is 12.3 Å². The monoisotopic (exact) mass is 282 g/mol. The van der Waals surface area contributed by atoms with Gasteiger partial charge in [-0.25, -0.2) is 15.0 Å². The summed E-state index contributed by atoms with van der Waals surface area (Å²) in [5, 5.41) is 2.92. The number of rotatable bonds is 2. The molecule has 0 aliphatic rings. The molecule has 0 saturated heterocycles. The van der Waals surface area contributed by atoms with Gasteiger partial charge in [0.1, 0.15) is 11.0 Å². The Hall–Kier alpha value is -1.72. The summed E-state index contributed by atoms with van der Waals surface area (Å²) in [5.74, 6) is -0.0113. The van der Waals surface area contributed by atoms with Crippen LogP contribution >= 0.6 is 23.2 Å². The molecule has 7 heteroatoms. The number of aryl methyl sites for hydroxylation is 1. The molecule has 2 aromatic heterocycles. The van der Waals surface area contributed by atoms with Gasteiger partial charge in [-0.3, -0.25) is 4.79 Å². The molecule has 0 bridgehead atoms. The molecule has 0 aromatic carbocycles. The average Bonchev–Trinajstić information content (AvgIpc) is 2.27. The standard InChI is InChI=1S/C11H8Cl2N4O/c1-6-4-7(5-8(12)15-6)10(18)16-9-2-3-14-11(13)17-9/h2-5H,1H3,(H,14,16,17,18). The molecule has 0 saturated carbocycles. The number of hydrogen-bond donors (Lipinski definition) is 1. The predicted octanol–water partition coefficient (Wildman–Crippen LogP) is 2.74. The second-order valence-electron chi connectivity index (χ2n) is 3.48. The van der Waals surface area contributed by atoms with Gasteiger partial charge in [-0.05, 0) is 36.7 Å². The van der Waals surface area contributed by atoms with Crippen LogP contribution in [0.25, 0.3) is 0 Å². The molecular formula is C11H8Cl2N4O. The van der Waals surface area contributed by atoms with Gasteiger partial charge in [-0.2, -0.15) is 0 Å². The maximum atomic E-state index is 11.9. The van der Waals surface area contributed by atoms with Gasteiger partial charge in [0.2, 0.25) is 5.28 Å². The summed E-state index contributed by atoms with van der Waals surface area (Å²) in [7, 11) is 0. The number of amides is 1. The van der Waals surface area contributed by atoms with Crippen LogP contribution < -0.4 is 5.32 Å². The van der Waals surface area contributed by atoms with Gasteiger partial charge in [0.05, 0.1) is 0 Å². The first-order chi connectivity index (χ1) is 8.54. The van der Waals surface area contributed by atoms with Crippen molar-refractivity contribution in [1.29, 1.82) is 0 Å².